The van der Waals surface area contributed by atoms with Crippen molar-refractivity contribution >= 4 is 32.9 Å². The molecule has 0 fully saturated rings. The Morgan fingerprint density at radius 3 is 2.56 bits per heavy atom. The number of carbonyl (C=O) groups excluding carboxylic acids is 1. The minimum atomic E-state index is -0.00627. The molecular formula is C22H24BrN3O. The maximum atomic E-state index is 12.0. The lowest BCUT2D eigenvalue weighted by atomic mass is 10.1. The molecular weight excluding hydrogens is 402 g/mol. The molecule has 2 aromatic carbocycles. The Morgan fingerprint density at radius 1 is 1.04 bits per heavy atom. The zero-order chi connectivity index (χ0) is 19.1. The third-order valence-corrected chi connectivity index (χ3v) is 4.71. The van der Waals surface area contributed by atoms with E-state index in [1.807, 2.05) is 48.5 Å². The number of para-hydroxylation sites is 2. The van der Waals surface area contributed by atoms with E-state index in [4.69, 9.17) is 4.98 Å². The monoisotopic (exact) mass is 425 g/mol. The van der Waals surface area contributed by atoms with Gasteiger partial charge in [-0.1, -0.05) is 59.3 Å². The van der Waals surface area contributed by atoms with Crippen molar-refractivity contribution in [1.82, 2.24) is 14.9 Å². The Balaban J connectivity index is 1.48. The summed E-state index contributed by atoms with van der Waals surface area (Å²) in [6, 6.07) is 17.5. The van der Waals surface area contributed by atoms with Crippen molar-refractivity contribution in [3.8, 4) is 0 Å². The average molecular weight is 426 g/mol. The Hall–Kier alpha value is -2.40. The zero-order valence-corrected chi connectivity index (χ0v) is 16.9. The highest BCUT2D eigenvalue weighted by Crippen LogP contribution is 2.20. The van der Waals surface area contributed by atoms with Crippen LogP contribution < -0.4 is 5.32 Å². The second-order valence-corrected chi connectivity index (χ2v) is 7.67. The molecule has 0 aliphatic heterocycles. The highest BCUT2D eigenvalue weighted by molar-refractivity contribution is 9.11. The van der Waals surface area contributed by atoms with Crippen LogP contribution >= 0.6 is 15.9 Å². The first kappa shape index (κ1) is 19.4. The summed E-state index contributed by atoms with van der Waals surface area (Å²) in [7, 11) is 0. The van der Waals surface area contributed by atoms with Crippen LogP contribution in [0.2, 0.25) is 0 Å². The fraction of sp³-hybridized carbons (Fsp3) is 0.273. The Morgan fingerprint density at radius 2 is 1.78 bits per heavy atom. The van der Waals surface area contributed by atoms with E-state index in [2.05, 4.69) is 38.5 Å². The maximum absolute atomic E-state index is 12.0. The molecule has 1 aromatic heterocycles. The van der Waals surface area contributed by atoms with E-state index in [9.17, 15) is 4.79 Å². The van der Waals surface area contributed by atoms with Gasteiger partial charge >= 0.3 is 0 Å². The summed E-state index contributed by atoms with van der Waals surface area (Å²) < 4.78 is 3.17. The molecule has 1 heterocycles. The number of halogens is 1. The van der Waals surface area contributed by atoms with Gasteiger partial charge in [0.25, 0.3) is 5.91 Å². The summed E-state index contributed by atoms with van der Waals surface area (Å²) in [4.78, 5) is 16.8. The largest absolute Gasteiger partial charge is 0.352 e. The van der Waals surface area contributed by atoms with Crippen LogP contribution in [-0.2, 0) is 13.0 Å². The number of fused-ring (bicyclic) bond motifs is 1. The van der Waals surface area contributed by atoms with Crippen LogP contribution in [0.15, 0.2) is 65.7 Å². The predicted molar refractivity (Wildman–Crippen MR) is 114 cm³/mol. The molecule has 3 rings (SSSR count). The van der Waals surface area contributed by atoms with Crippen LogP contribution in [-0.4, -0.2) is 22.0 Å². The molecule has 5 heteroatoms. The van der Waals surface area contributed by atoms with Crippen LogP contribution in [0.25, 0.3) is 11.0 Å². The van der Waals surface area contributed by atoms with Crippen LogP contribution in [0.5, 0.6) is 0 Å². The fourth-order valence-corrected chi connectivity index (χ4v) is 3.39. The van der Waals surface area contributed by atoms with Crippen LogP contribution in [0.1, 0.15) is 35.4 Å². The van der Waals surface area contributed by atoms with Gasteiger partial charge in [-0.3, -0.25) is 4.79 Å². The number of aromatic nitrogens is 2. The first-order valence-corrected chi connectivity index (χ1v) is 10.0. The van der Waals surface area contributed by atoms with Gasteiger partial charge in [0.15, 0.2) is 0 Å². The number of aryl methyl sites for hydroxylation is 1. The van der Waals surface area contributed by atoms with Crippen molar-refractivity contribution in [3.63, 3.8) is 0 Å². The minimum Gasteiger partial charge on any atom is -0.352 e. The second-order valence-electron chi connectivity index (χ2n) is 6.55. The second kappa shape index (κ2) is 9.51. The summed E-state index contributed by atoms with van der Waals surface area (Å²) in [5.74, 6) is 1.08. The number of hydrogen-bond acceptors (Lipinski definition) is 2. The standard InChI is InChI=1S/C22H24BrN3O/c1-17(23)16-26-20-13-8-7-12-19(20)25-21(26)14-6-3-9-15-24-22(27)18-10-4-2-5-11-18/h2,4-5,7-8,10-13H,1,3,6,9,14-16H2,(H,24,27). The highest BCUT2D eigenvalue weighted by atomic mass is 79.9. The van der Waals surface area contributed by atoms with Gasteiger partial charge in [-0.2, -0.15) is 0 Å². The molecule has 0 atom stereocenters. The number of nitrogens with one attached hydrogen (secondary N) is 1. The lowest BCUT2D eigenvalue weighted by molar-refractivity contribution is 0.0953. The summed E-state index contributed by atoms with van der Waals surface area (Å²) in [6.45, 7) is 5.39. The lowest BCUT2D eigenvalue weighted by Crippen LogP contribution is -2.24. The van der Waals surface area contributed by atoms with Crippen molar-refractivity contribution in [3.05, 3.63) is 77.0 Å². The van der Waals surface area contributed by atoms with E-state index in [-0.39, 0.29) is 5.91 Å². The van der Waals surface area contributed by atoms with Crippen molar-refractivity contribution in [2.45, 2.75) is 32.2 Å². The third-order valence-electron chi connectivity index (χ3n) is 4.46. The summed E-state index contributed by atoms with van der Waals surface area (Å²) >= 11 is 3.47. The molecule has 0 aliphatic rings. The number of imidazole rings is 1. The van der Waals surface area contributed by atoms with E-state index < -0.39 is 0 Å². The number of carbonyl (C=O) groups is 1. The molecule has 0 saturated heterocycles. The van der Waals surface area contributed by atoms with Crippen molar-refractivity contribution in [2.75, 3.05) is 6.54 Å². The normalized spacial score (nSPS) is 10.9. The number of amides is 1. The van der Waals surface area contributed by atoms with Crippen molar-refractivity contribution in [1.29, 1.82) is 0 Å². The molecule has 0 aliphatic carbocycles. The topological polar surface area (TPSA) is 46.9 Å². The molecule has 0 bridgehead atoms. The van der Waals surface area contributed by atoms with Gasteiger partial charge in [0.05, 0.1) is 17.6 Å². The SMILES string of the molecule is C=C(Br)Cn1c(CCCCCNC(=O)c2ccccc2)nc2ccccc21. The van der Waals surface area contributed by atoms with E-state index in [0.29, 0.717) is 12.1 Å². The molecule has 27 heavy (non-hydrogen) atoms. The number of rotatable bonds is 9. The fourth-order valence-electron chi connectivity index (χ4n) is 3.14. The number of allylic oxidation sites excluding steroid dienone is 1. The number of benzene rings is 2. The molecule has 0 spiro atoms. The smallest absolute Gasteiger partial charge is 0.251 e. The Bertz CT molecular complexity index is 918. The van der Waals surface area contributed by atoms with Gasteiger partial charge in [0, 0.05) is 23.0 Å². The van der Waals surface area contributed by atoms with Crippen LogP contribution in [0.4, 0.5) is 0 Å². The van der Waals surface area contributed by atoms with Crippen LogP contribution in [0, 0.1) is 0 Å². The molecule has 0 unspecified atom stereocenters. The number of nitrogens with zero attached hydrogens (tertiary/aromatic N) is 2. The molecule has 1 amide bonds. The van der Waals surface area contributed by atoms with Gasteiger partial charge in [-0.05, 0) is 37.1 Å². The number of hydrogen-bond donors (Lipinski definition) is 1. The van der Waals surface area contributed by atoms with E-state index >= 15 is 0 Å². The molecule has 3 aromatic rings. The average Bonchev–Trinajstić information content (AvgIpc) is 3.02. The van der Waals surface area contributed by atoms with Gasteiger partial charge in [-0.15, -0.1) is 0 Å². The molecule has 0 radical (unpaired) electrons. The van der Waals surface area contributed by atoms with E-state index in [0.717, 1.165) is 53.6 Å². The van der Waals surface area contributed by atoms with Gasteiger partial charge in [0.2, 0.25) is 0 Å². The predicted octanol–water partition coefficient (Wildman–Crippen LogP) is 5.09. The summed E-state index contributed by atoms with van der Waals surface area (Å²) in [5.41, 5.74) is 2.88. The Labute approximate surface area is 168 Å². The van der Waals surface area contributed by atoms with Crippen LogP contribution in [0.3, 0.4) is 0 Å². The molecule has 0 saturated carbocycles. The van der Waals surface area contributed by atoms with E-state index in [1.165, 1.54) is 0 Å². The summed E-state index contributed by atoms with van der Waals surface area (Å²) in [6.07, 6.45) is 3.97. The van der Waals surface area contributed by atoms with E-state index in [1.54, 1.807) is 0 Å². The molecule has 1 N–H and O–H groups in total. The zero-order valence-electron chi connectivity index (χ0n) is 15.3. The van der Waals surface area contributed by atoms with Crippen molar-refractivity contribution in [2.24, 2.45) is 0 Å². The molecule has 140 valence electrons. The maximum Gasteiger partial charge on any atom is 0.251 e. The third kappa shape index (κ3) is 5.30. The van der Waals surface area contributed by atoms with Gasteiger partial charge in [-0.25, -0.2) is 4.98 Å². The minimum absolute atomic E-state index is 0.00627. The van der Waals surface area contributed by atoms with Gasteiger partial charge in [0.1, 0.15) is 5.82 Å². The highest BCUT2D eigenvalue weighted by Gasteiger charge is 2.10. The van der Waals surface area contributed by atoms with Gasteiger partial charge < -0.3 is 9.88 Å². The number of unbranched alkanes of at least 4 members (excludes halogenated alkanes) is 2. The first-order valence-electron chi connectivity index (χ1n) is 9.26. The molecule has 4 nitrogen and oxygen atoms in total. The van der Waals surface area contributed by atoms with Crippen molar-refractivity contribution < 1.29 is 4.79 Å². The Kier molecular flexibility index (Phi) is 6.82. The summed E-state index contributed by atoms with van der Waals surface area (Å²) in [5, 5.41) is 2.98. The first-order chi connectivity index (χ1) is 13.1. The lowest BCUT2D eigenvalue weighted by Gasteiger charge is -2.09. The quantitative estimate of drug-likeness (QED) is 0.485.